The third kappa shape index (κ3) is 6.18. The van der Waals surface area contributed by atoms with Crippen LogP contribution in [0.4, 0.5) is 17.6 Å². The van der Waals surface area contributed by atoms with Crippen LogP contribution >= 0.6 is 0 Å². The van der Waals surface area contributed by atoms with Crippen molar-refractivity contribution in [3.8, 4) is 5.75 Å². The molecule has 170 valence electrons. The number of ether oxygens (including phenoxy) is 1. The molecule has 1 aliphatic rings. The van der Waals surface area contributed by atoms with Gasteiger partial charge in [-0.3, -0.25) is 4.90 Å². The molecule has 0 saturated carbocycles. The van der Waals surface area contributed by atoms with Gasteiger partial charge in [-0.15, -0.1) is 0 Å². The normalized spacial score (nSPS) is 18.0. The summed E-state index contributed by atoms with van der Waals surface area (Å²) in [5, 5.41) is 0. The van der Waals surface area contributed by atoms with Gasteiger partial charge in [0.1, 0.15) is 16.5 Å². The van der Waals surface area contributed by atoms with Crippen molar-refractivity contribution in [1.29, 1.82) is 0 Å². The molecule has 0 aliphatic carbocycles. The van der Waals surface area contributed by atoms with Crippen molar-refractivity contribution in [3.63, 3.8) is 0 Å². The average Bonchev–Trinajstić information content (AvgIpc) is 3.08. The lowest BCUT2D eigenvalue weighted by Crippen LogP contribution is -2.37. The molecule has 2 aromatic rings. The molecule has 2 aromatic carbocycles. The minimum atomic E-state index is -4.77. The van der Waals surface area contributed by atoms with Crippen LogP contribution in [-0.4, -0.2) is 38.6 Å². The molecule has 1 N–H and O–H groups in total. The summed E-state index contributed by atoms with van der Waals surface area (Å²) in [6.07, 6.45) is -4.23. The highest BCUT2D eigenvalue weighted by molar-refractivity contribution is 7.89. The Balaban J connectivity index is 1.63. The maximum absolute atomic E-state index is 14.0. The Hall–Kier alpha value is -2.17. The first-order valence-electron chi connectivity index (χ1n) is 9.81. The van der Waals surface area contributed by atoms with Crippen LogP contribution in [0, 0.1) is 5.82 Å². The number of nitrogens with zero attached hydrogens (tertiary/aromatic N) is 1. The predicted molar refractivity (Wildman–Crippen MR) is 108 cm³/mol. The van der Waals surface area contributed by atoms with E-state index in [0.717, 1.165) is 11.3 Å². The molecule has 0 bridgehead atoms. The monoisotopic (exact) mass is 460 g/mol. The molecule has 5 nitrogen and oxygen atoms in total. The number of rotatable bonds is 7. The van der Waals surface area contributed by atoms with Gasteiger partial charge < -0.3 is 4.74 Å². The first kappa shape index (κ1) is 23.5. The largest absolute Gasteiger partial charge is 0.491 e. The minimum absolute atomic E-state index is 0.0693. The fourth-order valence-corrected chi connectivity index (χ4v) is 4.81. The lowest BCUT2D eigenvalue weighted by molar-refractivity contribution is -0.137. The molecule has 0 spiro atoms. The number of hydrogen-bond donors (Lipinski definition) is 1. The maximum Gasteiger partial charge on any atom is 0.416 e. The second-order valence-corrected chi connectivity index (χ2v) is 9.48. The van der Waals surface area contributed by atoms with Gasteiger partial charge in [0.2, 0.25) is 10.0 Å². The third-order valence-corrected chi connectivity index (χ3v) is 6.38. The summed E-state index contributed by atoms with van der Waals surface area (Å²) in [5.41, 5.74) is -0.198. The second kappa shape index (κ2) is 9.13. The summed E-state index contributed by atoms with van der Waals surface area (Å²) in [6, 6.07) is 8.41. The summed E-state index contributed by atoms with van der Waals surface area (Å²) in [6.45, 7) is 5.42. The van der Waals surface area contributed by atoms with Crippen molar-refractivity contribution in [2.24, 2.45) is 0 Å². The minimum Gasteiger partial charge on any atom is -0.491 e. The van der Waals surface area contributed by atoms with Gasteiger partial charge in [0, 0.05) is 25.7 Å². The standard InChI is InChI=1S/C21H24F4N2O3S/c1-14(2)30-18-6-3-15(4-7-18)12-27-10-9-17(13-27)26-31(28,29)20-11-16(21(23,24)25)5-8-19(20)22/h3-8,11,14,17,26H,9-10,12-13H2,1-2H3/t17-/m1/s1. The van der Waals surface area contributed by atoms with E-state index in [1.54, 1.807) is 0 Å². The molecular formula is C21H24F4N2O3S. The number of sulfonamides is 1. The van der Waals surface area contributed by atoms with E-state index in [9.17, 15) is 26.0 Å². The van der Waals surface area contributed by atoms with Crippen molar-refractivity contribution in [1.82, 2.24) is 9.62 Å². The quantitative estimate of drug-likeness (QED) is 0.630. The Bertz CT molecular complexity index is 1010. The lowest BCUT2D eigenvalue weighted by atomic mass is 10.2. The molecular weight excluding hydrogens is 436 g/mol. The van der Waals surface area contributed by atoms with Crippen LogP contribution in [-0.2, 0) is 22.7 Å². The van der Waals surface area contributed by atoms with E-state index in [1.807, 2.05) is 43.0 Å². The van der Waals surface area contributed by atoms with Crippen LogP contribution in [0.1, 0.15) is 31.4 Å². The molecule has 0 radical (unpaired) electrons. The van der Waals surface area contributed by atoms with Gasteiger partial charge >= 0.3 is 6.18 Å². The van der Waals surface area contributed by atoms with E-state index in [1.165, 1.54) is 0 Å². The molecule has 1 saturated heterocycles. The second-order valence-electron chi connectivity index (χ2n) is 7.80. The van der Waals surface area contributed by atoms with Crippen LogP contribution in [0.25, 0.3) is 0 Å². The first-order chi connectivity index (χ1) is 14.4. The van der Waals surface area contributed by atoms with E-state index < -0.39 is 38.5 Å². The summed E-state index contributed by atoms with van der Waals surface area (Å²) < 4.78 is 85.7. The Labute approximate surface area is 179 Å². The van der Waals surface area contributed by atoms with Crippen LogP contribution in [0.5, 0.6) is 5.75 Å². The van der Waals surface area contributed by atoms with Crippen molar-refractivity contribution < 1.29 is 30.7 Å². The Morgan fingerprint density at radius 1 is 1.16 bits per heavy atom. The molecule has 1 aliphatic heterocycles. The molecule has 1 fully saturated rings. The van der Waals surface area contributed by atoms with Crippen LogP contribution in [0.2, 0.25) is 0 Å². The van der Waals surface area contributed by atoms with Gasteiger partial charge in [0.25, 0.3) is 0 Å². The van der Waals surface area contributed by atoms with Gasteiger partial charge in [-0.05, 0) is 56.2 Å². The van der Waals surface area contributed by atoms with E-state index in [0.29, 0.717) is 44.3 Å². The zero-order valence-electron chi connectivity index (χ0n) is 17.1. The van der Waals surface area contributed by atoms with E-state index >= 15 is 0 Å². The number of nitrogens with one attached hydrogen (secondary N) is 1. The topological polar surface area (TPSA) is 58.6 Å². The fraction of sp³-hybridized carbons (Fsp3) is 0.429. The van der Waals surface area contributed by atoms with Gasteiger partial charge in [-0.25, -0.2) is 17.5 Å². The molecule has 3 rings (SSSR count). The van der Waals surface area contributed by atoms with Crippen molar-refractivity contribution in [3.05, 3.63) is 59.4 Å². The summed E-state index contributed by atoms with van der Waals surface area (Å²) in [4.78, 5) is 1.02. The zero-order chi connectivity index (χ0) is 22.8. The SMILES string of the molecule is CC(C)Oc1ccc(CN2CC[C@@H](NS(=O)(=O)c3cc(C(F)(F)F)ccc3F)C2)cc1. The summed E-state index contributed by atoms with van der Waals surface area (Å²) >= 11 is 0. The van der Waals surface area contributed by atoms with Crippen molar-refractivity contribution in [2.75, 3.05) is 13.1 Å². The highest BCUT2D eigenvalue weighted by Gasteiger charge is 2.34. The average molecular weight is 460 g/mol. The van der Waals surface area contributed by atoms with Gasteiger partial charge in [0.15, 0.2) is 0 Å². The summed E-state index contributed by atoms with van der Waals surface area (Å²) in [7, 11) is -4.44. The Kier molecular flexibility index (Phi) is 6.92. The van der Waals surface area contributed by atoms with Crippen LogP contribution in [0.15, 0.2) is 47.4 Å². The van der Waals surface area contributed by atoms with Gasteiger partial charge in [0.05, 0.1) is 11.7 Å². The molecule has 0 aromatic heterocycles. The Morgan fingerprint density at radius 2 is 1.84 bits per heavy atom. The first-order valence-corrected chi connectivity index (χ1v) is 11.3. The van der Waals surface area contributed by atoms with Gasteiger partial charge in [-0.2, -0.15) is 13.2 Å². The molecule has 0 amide bonds. The summed E-state index contributed by atoms with van der Waals surface area (Å²) in [5.74, 6) is -0.465. The van der Waals surface area contributed by atoms with E-state index in [-0.39, 0.29) is 6.10 Å². The third-order valence-electron chi connectivity index (χ3n) is 4.84. The Morgan fingerprint density at radius 3 is 2.45 bits per heavy atom. The lowest BCUT2D eigenvalue weighted by Gasteiger charge is -2.18. The number of alkyl halides is 3. The maximum atomic E-state index is 14.0. The molecule has 1 atom stereocenters. The number of halogens is 4. The number of likely N-dealkylation sites (tertiary alicyclic amines) is 1. The van der Waals surface area contributed by atoms with Crippen LogP contribution in [0.3, 0.4) is 0 Å². The molecule has 0 unspecified atom stereocenters. The fourth-order valence-electron chi connectivity index (χ4n) is 3.44. The highest BCUT2D eigenvalue weighted by atomic mass is 32.2. The smallest absolute Gasteiger partial charge is 0.416 e. The highest BCUT2D eigenvalue weighted by Crippen LogP contribution is 2.31. The zero-order valence-corrected chi connectivity index (χ0v) is 17.9. The molecule has 1 heterocycles. The molecule has 10 heteroatoms. The van der Waals surface area contributed by atoms with Gasteiger partial charge in [-0.1, -0.05) is 12.1 Å². The number of benzene rings is 2. The van der Waals surface area contributed by atoms with E-state index in [4.69, 9.17) is 4.74 Å². The van der Waals surface area contributed by atoms with Crippen molar-refractivity contribution in [2.45, 2.75) is 50.0 Å². The van der Waals surface area contributed by atoms with Crippen molar-refractivity contribution >= 4 is 10.0 Å². The number of hydrogen-bond acceptors (Lipinski definition) is 4. The molecule has 31 heavy (non-hydrogen) atoms. The van der Waals surface area contributed by atoms with Crippen LogP contribution < -0.4 is 9.46 Å². The van der Waals surface area contributed by atoms with E-state index in [2.05, 4.69) is 4.72 Å². The predicted octanol–water partition coefficient (Wildman–Crippen LogP) is 4.18.